The number of anilines is 2. The molecule has 0 unspecified atom stereocenters. The third kappa shape index (κ3) is 2.38. The molecule has 0 radical (unpaired) electrons. The molecule has 0 aliphatic carbocycles. The molecule has 24 heavy (non-hydrogen) atoms. The van der Waals surface area contributed by atoms with Crippen molar-refractivity contribution >= 4 is 33.2 Å². The van der Waals surface area contributed by atoms with E-state index in [4.69, 9.17) is 0 Å². The Balaban J connectivity index is 1.82. The molecule has 2 aromatic heterocycles. The Morgan fingerprint density at radius 2 is 1.83 bits per heavy atom. The van der Waals surface area contributed by atoms with E-state index in [9.17, 15) is 8.78 Å². The minimum absolute atomic E-state index is 0.0180. The van der Waals surface area contributed by atoms with Gasteiger partial charge in [0.2, 0.25) is 0 Å². The largest absolute Gasteiger partial charge is 0.361 e. The van der Waals surface area contributed by atoms with Crippen molar-refractivity contribution in [2.24, 2.45) is 0 Å². The van der Waals surface area contributed by atoms with E-state index in [-0.39, 0.29) is 5.56 Å². The summed E-state index contributed by atoms with van der Waals surface area (Å²) in [4.78, 5) is 7.45. The zero-order chi connectivity index (χ0) is 16.7. The standard InChI is InChI=1S/C19H15F2N3/c1-11-2-5-15(14-6-8-23-18(11)14)24-16-7-9-22-17-10-12(19(20)21)3-4-13(16)17/h2-10,19,23H,1H3,(H,22,24). The molecule has 0 bridgehead atoms. The van der Waals surface area contributed by atoms with Crippen LogP contribution in [0.3, 0.4) is 0 Å². The quantitative estimate of drug-likeness (QED) is 0.507. The first-order valence-electron chi connectivity index (χ1n) is 7.64. The van der Waals surface area contributed by atoms with Crippen LogP contribution in [0.5, 0.6) is 0 Å². The maximum Gasteiger partial charge on any atom is 0.263 e. The SMILES string of the molecule is Cc1ccc(Nc2ccnc3cc(C(F)F)ccc23)c2cc[nH]c12. The van der Waals surface area contributed by atoms with Gasteiger partial charge in [-0.05, 0) is 36.8 Å². The lowest BCUT2D eigenvalue weighted by atomic mass is 10.1. The predicted molar refractivity (Wildman–Crippen MR) is 93.0 cm³/mol. The Morgan fingerprint density at radius 1 is 1.00 bits per heavy atom. The van der Waals surface area contributed by atoms with E-state index in [1.807, 2.05) is 30.5 Å². The van der Waals surface area contributed by atoms with Crippen LogP contribution in [-0.4, -0.2) is 9.97 Å². The van der Waals surface area contributed by atoms with Crippen LogP contribution in [0.4, 0.5) is 20.2 Å². The summed E-state index contributed by atoms with van der Waals surface area (Å²) in [5, 5.41) is 5.30. The molecule has 0 amide bonds. The molecule has 3 nitrogen and oxygen atoms in total. The smallest absolute Gasteiger partial charge is 0.263 e. The van der Waals surface area contributed by atoms with Gasteiger partial charge in [0.05, 0.1) is 11.0 Å². The highest BCUT2D eigenvalue weighted by Gasteiger charge is 2.11. The third-order valence-corrected chi connectivity index (χ3v) is 4.22. The summed E-state index contributed by atoms with van der Waals surface area (Å²) >= 11 is 0. The van der Waals surface area contributed by atoms with Crippen LogP contribution < -0.4 is 5.32 Å². The van der Waals surface area contributed by atoms with E-state index >= 15 is 0 Å². The zero-order valence-corrected chi connectivity index (χ0v) is 13.0. The van der Waals surface area contributed by atoms with Gasteiger partial charge in [-0.1, -0.05) is 18.2 Å². The molecule has 0 saturated heterocycles. The van der Waals surface area contributed by atoms with E-state index in [1.54, 1.807) is 12.3 Å². The number of nitrogens with zero attached hydrogens (tertiary/aromatic N) is 1. The first kappa shape index (κ1) is 14.6. The van der Waals surface area contributed by atoms with E-state index in [0.29, 0.717) is 5.52 Å². The van der Waals surface area contributed by atoms with Crippen molar-refractivity contribution in [3.05, 3.63) is 66.0 Å². The van der Waals surface area contributed by atoms with Crippen molar-refractivity contribution in [3.8, 4) is 0 Å². The monoisotopic (exact) mass is 323 g/mol. The van der Waals surface area contributed by atoms with Crippen molar-refractivity contribution in [2.45, 2.75) is 13.3 Å². The highest BCUT2D eigenvalue weighted by Crippen LogP contribution is 2.32. The van der Waals surface area contributed by atoms with Gasteiger partial charge in [0, 0.05) is 40.1 Å². The number of halogens is 2. The van der Waals surface area contributed by atoms with Crippen LogP contribution in [0.2, 0.25) is 0 Å². The van der Waals surface area contributed by atoms with E-state index in [0.717, 1.165) is 27.7 Å². The van der Waals surface area contributed by atoms with Gasteiger partial charge in [-0.2, -0.15) is 0 Å². The Bertz CT molecular complexity index is 1040. The number of H-pyrrole nitrogens is 1. The van der Waals surface area contributed by atoms with Gasteiger partial charge in [-0.3, -0.25) is 4.98 Å². The van der Waals surface area contributed by atoms with Crippen LogP contribution >= 0.6 is 0 Å². The van der Waals surface area contributed by atoms with Crippen molar-refractivity contribution < 1.29 is 8.78 Å². The van der Waals surface area contributed by atoms with Crippen LogP contribution in [-0.2, 0) is 0 Å². The summed E-state index contributed by atoms with van der Waals surface area (Å²) in [6.07, 6.45) is 1.04. The molecule has 2 aromatic carbocycles. The summed E-state index contributed by atoms with van der Waals surface area (Å²) in [5.74, 6) is 0. The van der Waals surface area contributed by atoms with Gasteiger partial charge < -0.3 is 10.3 Å². The number of aromatic nitrogens is 2. The molecule has 0 aliphatic heterocycles. The number of aryl methyl sites for hydroxylation is 1. The average molecular weight is 323 g/mol. The van der Waals surface area contributed by atoms with Crippen LogP contribution in [0, 0.1) is 6.92 Å². The van der Waals surface area contributed by atoms with Crippen molar-refractivity contribution in [2.75, 3.05) is 5.32 Å². The fourth-order valence-corrected chi connectivity index (χ4v) is 2.97. The topological polar surface area (TPSA) is 40.7 Å². The van der Waals surface area contributed by atoms with Gasteiger partial charge in [0.15, 0.2) is 0 Å². The zero-order valence-electron chi connectivity index (χ0n) is 13.0. The fraction of sp³-hybridized carbons (Fsp3) is 0.105. The van der Waals surface area contributed by atoms with Gasteiger partial charge >= 0.3 is 0 Å². The molecular formula is C19H15F2N3. The summed E-state index contributed by atoms with van der Waals surface area (Å²) < 4.78 is 25.7. The maximum absolute atomic E-state index is 12.9. The molecule has 0 fully saturated rings. The molecule has 2 heterocycles. The van der Waals surface area contributed by atoms with E-state index < -0.39 is 6.43 Å². The summed E-state index contributed by atoms with van der Waals surface area (Å²) in [5.41, 5.74) is 4.58. The minimum Gasteiger partial charge on any atom is -0.361 e. The Hall–Kier alpha value is -2.95. The number of benzene rings is 2. The average Bonchev–Trinajstić information content (AvgIpc) is 3.08. The first-order valence-corrected chi connectivity index (χ1v) is 7.64. The molecule has 120 valence electrons. The lowest BCUT2D eigenvalue weighted by Gasteiger charge is -2.12. The molecule has 2 N–H and O–H groups in total. The second kappa shape index (κ2) is 5.60. The molecule has 0 spiro atoms. The molecule has 0 atom stereocenters. The normalized spacial score (nSPS) is 11.5. The molecule has 0 saturated carbocycles. The predicted octanol–water partition coefficient (Wildman–Crippen LogP) is 5.71. The summed E-state index contributed by atoms with van der Waals surface area (Å²) in [6, 6.07) is 12.5. The Kier molecular flexibility index (Phi) is 3.41. The highest BCUT2D eigenvalue weighted by molar-refractivity contribution is 5.99. The van der Waals surface area contributed by atoms with Crippen LogP contribution in [0.25, 0.3) is 21.8 Å². The number of hydrogen-bond acceptors (Lipinski definition) is 2. The van der Waals surface area contributed by atoms with Crippen LogP contribution in [0.15, 0.2) is 54.9 Å². The first-order chi connectivity index (χ1) is 11.6. The summed E-state index contributed by atoms with van der Waals surface area (Å²) in [6.45, 7) is 2.05. The lowest BCUT2D eigenvalue weighted by molar-refractivity contribution is 0.151. The molecule has 4 aromatic rings. The van der Waals surface area contributed by atoms with Gasteiger partial charge in [0.1, 0.15) is 0 Å². The van der Waals surface area contributed by atoms with Gasteiger partial charge in [0.25, 0.3) is 6.43 Å². The second-order valence-electron chi connectivity index (χ2n) is 5.76. The number of alkyl halides is 2. The highest BCUT2D eigenvalue weighted by atomic mass is 19.3. The van der Waals surface area contributed by atoms with E-state index in [1.165, 1.54) is 17.7 Å². The number of hydrogen-bond donors (Lipinski definition) is 2. The lowest BCUT2D eigenvalue weighted by Crippen LogP contribution is -1.95. The number of nitrogens with one attached hydrogen (secondary N) is 2. The van der Waals surface area contributed by atoms with Gasteiger partial charge in [-0.25, -0.2) is 8.78 Å². The van der Waals surface area contributed by atoms with Crippen molar-refractivity contribution in [1.82, 2.24) is 9.97 Å². The van der Waals surface area contributed by atoms with E-state index in [2.05, 4.69) is 22.2 Å². The number of pyridine rings is 1. The molecular weight excluding hydrogens is 308 g/mol. The van der Waals surface area contributed by atoms with Crippen molar-refractivity contribution in [3.63, 3.8) is 0 Å². The molecule has 0 aliphatic rings. The number of aromatic amines is 1. The molecule has 5 heteroatoms. The fourth-order valence-electron chi connectivity index (χ4n) is 2.97. The van der Waals surface area contributed by atoms with Crippen LogP contribution in [0.1, 0.15) is 17.6 Å². The minimum atomic E-state index is -2.50. The summed E-state index contributed by atoms with van der Waals surface area (Å²) in [7, 11) is 0. The Labute approximate surface area is 137 Å². The maximum atomic E-state index is 12.9. The second-order valence-corrected chi connectivity index (χ2v) is 5.76. The van der Waals surface area contributed by atoms with Gasteiger partial charge in [-0.15, -0.1) is 0 Å². The van der Waals surface area contributed by atoms with Crippen molar-refractivity contribution in [1.29, 1.82) is 0 Å². The number of rotatable bonds is 3. The number of fused-ring (bicyclic) bond motifs is 2. The Morgan fingerprint density at radius 3 is 2.67 bits per heavy atom. The third-order valence-electron chi connectivity index (χ3n) is 4.22. The molecule has 4 rings (SSSR count).